The number of aryl methyl sites for hydroxylation is 4. The van der Waals surface area contributed by atoms with Gasteiger partial charge < -0.3 is 172 Å². The number of urea groups is 1. The summed E-state index contributed by atoms with van der Waals surface area (Å²) in [5.74, 6) is -0.131. The number of fused-ring (bicyclic) bond motifs is 2. The SMILES string of the molecule is CC[C@H]1O[C@@H](n2cc(C)c(N)nc2=O)CC1OP([O-])(=S)OC[C@H]1O[C@@H](N2C=C(C)C(N)NC2=O)CC1OP(=O)([S-])OC[C@H]1O[C@@H](n2cc(C)c(N)nc2=O)CC1OP([O-])(=S)OC[C@H]1O[C@@H](n2cnc3c(N)ncnc32)CC1OP([O-])(=S)OC[C@H]1O[C@@H](n2cc(C)c(=O)[nH]c2=O)CC1OP([O-])(=S)OC[C@H]1O[C@@H](n2cc(C)c(=O)[nH]c2=O)CC1OP([O-])(=S)OC[C@H]1O[C@@H](n2cnc3c(N)ncnc32)CC1OP([O-])(=S)OC. The van der Waals surface area contributed by atoms with Crippen molar-refractivity contribution in [3.05, 3.63) is 147 Å². The molecule has 0 radical (unpaired) electrons. The van der Waals surface area contributed by atoms with E-state index in [0.717, 1.165) is 44.4 Å². The van der Waals surface area contributed by atoms with E-state index in [1.165, 1.54) is 72.0 Å². The summed E-state index contributed by atoms with van der Waals surface area (Å²) >= 11 is 38.0. The van der Waals surface area contributed by atoms with Crippen molar-refractivity contribution < 1.29 is 135 Å². The molecule has 16 rings (SSSR count). The first-order chi connectivity index (χ1) is 67.8. The lowest BCUT2D eigenvalue weighted by Gasteiger charge is -2.36. The zero-order valence-electron chi connectivity index (χ0n) is 76.2. The molecular formula is C72H93N23O35P7S7-7. The first-order valence-corrected chi connectivity index (χ1v) is 61.4. The third-order valence-electron chi connectivity index (χ3n) is 24.1. The van der Waals surface area contributed by atoms with Gasteiger partial charge in [-0.2, -0.15) is 9.97 Å². The summed E-state index contributed by atoms with van der Waals surface area (Å²) in [5, 5.41) is 2.58. The molecule has 15 unspecified atom stereocenters. The molecule has 8 aliphatic rings. The third-order valence-corrected chi connectivity index (χ3v) is 35.1. The van der Waals surface area contributed by atoms with E-state index < -0.39 is 281 Å². The van der Waals surface area contributed by atoms with Gasteiger partial charge in [-0.1, -0.05) is 77.8 Å². The summed E-state index contributed by atoms with van der Waals surface area (Å²) in [6.45, 7) is -29.2. The van der Waals surface area contributed by atoms with Crippen LogP contribution in [0.4, 0.5) is 28.1 Å². The summed E-state index contributed by atoms with van der Waals surface area (Å²) < 4.78 is 148. The number of rotatable bonds is 41. The van der Waals surface area contributed by atoms with Crippen LogP contribution < -0.4 is 97.2 Å². The summed E-state index contributed by atoms with van der Waals surface area (Å²) in [6.07, 6.45) is -19.5. The highest BCUT2D eigenvalue weighted by Crippen LogP contribution is 2.57. The van der Waals surface area contributed by atoms with Gasteiger partial charge in [-0.05, 0) is 46.6 Å². The standard InChI is InChI=1S/C72H100N23O35P7S7/c1-8-36-37(9-50(117-36)89-16-31(2)59(73)84-68(89)98)125-132(104,139)111-22-45-39(10-51(118-45)90-17-32(3)60(74)85-69(90)99)126-134(106,141)113-23-46-40(11-52(119-46)91-18-33(4)61(75)86-70(91)100)127-136(108,143)116-26-49-43(15-56(123-49)95-30-83-58-63(77)79-28-81-65(58)95)130-137(109,144)115-25-48-42(13-54(121-48)93-20-35(6)67(97)88-72(93)102)129-135(107,142)114-24-47-41(12-53(120-47)92-19-34(5)66(96)87-71(92)101)128-133(105,140)112-21-44-38(124-131(103,138)110-7)14-55(122-44)94-29-82-57-62(76)78-27-80-64(57)94/h16-20,27-30,36-56,60H,8-15,21-26,74H2,1-7H3,(H,85,99)(H,103,138)(H,104,139)(H,105,140)(H,106,141)(H,107,142)(H,108,143)(H,109,144)(H2,73,84,98)(H2,75,86,100)(H2,76,78,80)(H2,77,79,81)(H,87,96,101)(H,88,97,102)/p-7/t36-,37?,38?,39?,40?,41?,42?,43?,44-,45-,46-,47-,48-,49-,50-,51-,52-,53-,54-,55-,56-,60?,131?,132?,133?,134?,135?,136?,137?/m1/s1. The minimum atomic E-state index is -5.03. The lowest BCUT2D eigenvalue weighted by molar-refractivity contribution is -0.221. The molecule has 29 atom stereocenters. The largest absolute Gasteiger partial charge is 0.780 e. The number of nitrogens with one attached hydrogen (secondary N) is 3. The molecule has 0 aromatic carbocycles. The Morgan fingerprint density at radius 2 is 0.708 bits per heavy atom. The zero-order valence-corrected chi connectivity index (χ0v) is 88.1. The molecule has 58 nitrogen and oxygen atoms in total. The molecule has 0 saturated carbocycles. The molecule has 72 heteroatoms. The van der Waals surface area contributed by atoms with Gasteiger partial charge in [0.2, 0.25) is 0 Å². The molecule has 7 saturated heterocycles. The molecule has 144 heavy (non-hydrogen) atoms. The highest BCUT2D eigenvalue weighted by molar-refractivity contribution is 8.32. The van der Waals surface area contributed by atoms with Crippen molar-refractivity contribution in [1.29, 1.82) is 0 Å². The van der Waals surface area contributed by atoms with E-state index in [4.69, 9.17) is 208 Å². The number of carbonyl (C=O) groups excluding carboxylic acids is 1. The van der Waals surface area contributed by atoms with Gasteiger partial charge >= 0.3 is 28.8 Å². The summed E-state index contributed by atoms with van der Waals surface area (Å²) in [5.41, 5.74) is 27.0. The van der Waals surface area contributed by atoms with Crippen molar-refractivity contribution in [2.45, 2.75) is 228 Å². The van der Waals surface area contributed by atoms with Crippen LogP contribution in [0.5, 0.6) is 0 Å². The van der Waals surface area contributed by atoms with Crippen LogP contribution in [0.25, 0.3) is 22.3 Å². The van der Waals surface area contributed by atoms with Gasteiger partial charge in [-0.25, -0.2) is 53.9 Å². The van der Waals surface area contributed by atoms with Gasteiger partial charge in [-0.3, -0.25) is 56.4 Å². The number of nitrogens with zero attached hydrogens (tertiary/aromatic N) is 15. The number of nitrogens with two attached hydrogens (primary N) is 5. The van der Waals surface area contributed by atoms with E-state index in [1.54, 1.807) is 20.8 Å². The van der Waals surface area contributed by atoms with E-state index in [-0.39, 0.29) is 82.4 Å². The number of anilines is 4. The lowest BCUT2D eigenvalue weighted by Crippen LogP contribution is -2.54. The van der Waals surface area contributed by atoms with Crippen LogP contribution in [0.1, 0.15) is 125 Å². The molecule has 7 fully saturated rings. The normalized spacial score (nSPS) is 30.8. The molecule has 0 spiro atoms. The minimum absolute atomic E-state index is 0.0116. The lowest BCUT2D eigenvalue weighted by atomic mass is 10.1. The Balaban J connectivity index is 0.604. The highest BCUT2D eigenvalue weighted by atomic mass is 32.7. The van der Waals surface area contributed by atoms with Crippen LogP contribution in [-0.2, 0) is 184 Å². The number of hydrogen-bond acceptors (Lipinski definition) is 55. The topological polar surface area (TPSA) is 778 Å². The van der Waals surface area contributed by atoms with Crippen molar-refractivity contribution in [1.82, 2.24) is 87.5 Å². The Labute approximate surface area is 849 Å². The predicted molar refractivity (Wildman–Crippen MR) is 511 cm³/mol. The summed E-state index contributed by atoms with van der Waals surface area (Å²) in [4.78, 5) is 217. The Morgan fingerprint density at radius 3 is 1.06 bits per heavy atom. The van der Waals surface area contributed by atoms with Crippen molar-refractivity contribution in [2.24, 2.45) is 5.73 Å². The molecule has 8 aliphatic heterocycles. The van der Waals surface area contributed by atoms with E-state index >= 15 is 4.89 Å². The van der Waals surface area contributed by atoms with Crippen molar-refractivity contribution in [3.63, 3.8) is 0 Å². The first kappa shape index (κ1) is 110. The molecule has 0 bridgehead atoms. The van der Waals surface area contributed by atoms with Crippen molar-refractivity contribution >= 4 is 182 Å². The van der Waals surface area contributed by atoms with Gasteiger partial charge in [0.25, 0.3) is 11.1 Å². The number of imidazole rings is 2. The molecule has 0 aliphatic carbocycles. The number of ether oxygens (including phenoxy) is 7. The molecule has 13 N–H and O–H groups in total. The molecular weight excluding hydrogens is 2190 g/mol. The van der Waals surface area contributed by atoms with Crippen LogP contribution in [0.15, 0.2) is 90.6 Å². The van der Waals surface area contributed by atoms with E-state index in [1.807, 2.05) is 0 Å². The number of nitrogen functional groups attached to an aromatic ring is 4. The maximum Gasteiger partial charge on any atom is 0.351 e. The van der Waals surface area contributed by atoms with E-state index in [2.05, 4.69) is 55.2 Å². The van der Waals surface area contributed by atoms with Crippen LogP contribution in [0.3, 0.4) is 0 Å². The van der Waals surface area contributed by atoms with Crippen molar-refractivity contribution in [3.8, 4) is 0 Å². The molecule has 2 amide bonds. The average Bonchev–Trinajstić information content (AvgIpc) is 1.62. The smallest absolute Gasteiger partial charge is 0.351 e. The summed E-state index contributed by atoms with van der Waals surface area (Å²) in [6, 6.07) is -0.724. The van der Waals surface area contributed by atoms with Crippen LogP contribution >= 0.6 is 47.1 Å². The Kier molecular flexibility index (Phi) is 34.2. The third kappa shape index (κ3) is 26.0. The second kappa shape index (κ2) is 44.6. The molecule has 16 heterocycles. The quantitative estimate of drug-likeness (QED) is 0.0150. The van der Waals surface area contributed by atoms with Crippen LogP contribution in [-0.4, -0.2) is 233 Å². The van der Waals surface area contributed by atoms with Crippen LogP contribution in [0, 0.1) is 27.7 Å². The monoisotopic (exact) mass is 2280 g/mol. The number of H-pyrrole nitrogens is 2. The Hall–Kier alpha value is -6.21. The van der Waals surface area contributed by atoms with Crippen LogP contribution in [0.2, 0.25) is 0 Å². The van der Waals surface area contributed by atoms with Crippen molar-refractivity contribution in [2.75, 3.05) is 69.7 Å². The minimum Gasteiger partial charge on any atom is -0.780 e. The fourth-order valence-electron chi connectivity index (χ4n) is 16.7. The average molecular weight is 2280 g/mol. The number of amides is 2. The Bertz CT molecular complexity index is 6980. The van der Waals surface area contributed by atoms with Gasteiger partial charge in [-0.15, -0.1) is 0 Å². The van der Waals surface area contributed by atoms with E-state index in [9.17, 15) is 62.6 Å². The van der Waals surface area contributed by atoms with E-state index in [0.29, 0.717) is 23.1 Å². The molecule has 790 valence electrons. The van der Waals surface area contributed by atoms with Gasteiger partial charge in [0.1, 0.15) is 162 Å². The molecule has 8 aromatic rings. The second-order valence-electron chi connectivity index (χ2n) is 33.9. The maximum absolute atomic E-state index is 15.0. The number of hydrogen-bond donors (Lipinski definition) is 8. The number of aromatic amines is 2. The number of carbonyl (C=O) groups is 1. The summed E-state index contributed by atoms with van der Waals surface area (Å²) in [7, 11) is 1.06. The molecule has 8 aromatic heterocycles. The maximum atomic E-state index is 15.0. The first-order valence-electron chi connectivity index (χ1n) is 43.5. The fraction of sp³-hybridized carbons (Fsp3) is 0.597. The van der Waals surface area contributed by atoms with Gasteiger partial charge in [0, 0.05) is 105 Å². The van der Waals surface area contributed by atoms with Gasteiger partial charge in [0.15, 0.2) is 29.7 Å². The Morgan fingerprint density at radius 1 is 0.410 bits per heavy atom. The predicted octanol–water partition coefficient (Wildman–Crippen LogP) is -2.09. The van der Waals surface area contributed by atoms with Gasteiger partial charge in [0.05, 0.1) is 101 Å². The highest BCUT2D eigenvalue weighted by Gasteiger charge is 2.50. The zero-order chi connectivity index (χ0) is 104. The fourth-order valence-corrected chi connectivity index (χ4v) is 26.5. The second-order valence-corrected chi connectivity index (χ2v) is 52.9. The number of aromatic nitrogens is 16.